The number of thiazole rings is 1. The Labute approximate surface area is 209 Å². The van der Waals surface area contributed by atoms with Crippen LogP contribution in [0, 0.1) is 23.0 Å². The standard InChI is InChI=1S/C25H23F2N7OS/c1-35-24-32-19-14(22(33-24)34-9-7-30-8-10-34)11-15(25(12-28)5-2-6-25)17(18(19)27)13-3-4-16(26)21-20(13)31-23(29)36-21/h3-4,11,30H,2,5-10H2,1H3,(H2,29,31). The smallest absolute Gasteiger partial charge is 0.318 e. The molecule has 1 saturated carbocycles. The molecule has 0 amide bonds. The fourth-order valence-electron chi connectivity index (χ4n) is 5.21. The Morgan fingerprint density at radius 1 is 1.17 bits per heavy atom. The second-order valence-corrected chi connectivity index (χ2v) is 10.2. The van der Waals surface area contributed by atoms with Gasteiger partial charge >= 0.3 is 6.01 Å². The third kappa shape index (κ3) is 3.36. The summed E-state index contributed by atoms with van der Waals surface area (Å²) in [5.41, 5.74) is 6.53. The van der Waals surface area contributed by atoms with Crippen molar-refractivity contribution >= 4 is 43.4 Å². The number of nitrogens with zero attached hydrogens (tertiary/aromatic N) is 5. The molecule has 2 aliphatic rings. The molecule has 1 saturated heterocycles. The number of ether oxygens (including phenoxy) is 1. The number of nitrogen functional groups attached to an aromatic ring is 1. The van der Waals surface area contributed by atoms with E-state index in [0.717, 1.165) is 30.8 Å². The molecule has 0 atom stereocenters. The summed E-state index contributed by atoms with van der Waals surface area (Å²) >= 11 is 1.01. The maximum absolute atomic E-state index is 16.7. The van der Waals surface area contributed by atoms with Crippen LogP contribution >= 0.6 is 11.3 Å². The zero-order chi connectivity index (χ0) is 25.0. The molecule has 0 spiro atoms. The number of nitrogens with one attached hydrogen (secondary N) is 1. The van der Waals surface area contributed by atoms with Crippen LogP contribution in [0.1, 0.15) is 24.8 Å². The first kappa shape index (κ1) is 22.8. The van der Waals surface area contributed by atoms with Gasteiger partial charge in [0.15, 0.2) is 10.9 Å². The van der Waals surface area contributed by atoms with Gasteiger partial charge in [-0.1, -0.05) is 11.3 Å². The number of hydrogen-bond acceptors (Lipinski definition) is 9. The van der Waals surface area contributed by atoms with E-state index in [1.807, 2.05) is 6.07 Å². The van der Waals surface area contributed by atoms with Crippen molar-refractivity contribution < 1.29 is 13.5 Å². The van der Waals surface area contributed by atoms with Crippen LogP contribution < -0.4 is 20.7 Å². The zero-order valence-electron chi connectivity index (χ0n) is 19.6. The van der Waals surface area contributed by atoms with E-state index in [9.17, 15) is 9.65 Å². The number of anilines is 2. The molecule has 2 aromatic heterocycles. The number of piperazine rings is 1. The van der Waals surface area contributed by atoms with E-state index in [0.29, 0.717) is 48.3 Å². The number of aromatic nitrogens is 3. The quantitative estimate of drug-likeness (QED) is 0.424. The number of methoxy groups -OCH3 is 1. The molecule has 8 nitrogen and oxygen atoms in total. The minimum absolute atomic E-state index is 0.0504. The predicted molar refractivity (Wildman–Crippen MR) is 135 cm³/mol. The number of nitrogens with two attached hydrogens (primary N) is 1. The van der Waals surface area contributed by atoms with E-state index < -0.39 is 17.0 Å². The molecule has 6 rings (SSSR count). The van der Waals surface area contributed by atoms with E-state index in [4.69, 9.17) is 10.5 Å². The molecule has 0 unspecified atom stereocenters. The number of fused-ring (bicyclic) bond motifs is 2. The van der Waals surface area contributed by atoms with Crippen molar-refractivity contribution in [3.63, 3.8) is 0 Å². The van der Waals surface area contributed by atoms with Crippen molar-refractivity contribution in [2.24, 2.45) is 0 Å². The lowest BCUT2D eigenvalue weighted by Gasteiger charge is -2.38. The number of nitriles is 1. The summed E-state index contributed by atoms with van der Waals surface area (Å²) in [5, 5.41) is 14.3. The van der Waals surface area contributed by atoms with Gasteiger partial charge in [-0.25, -0.2) is 13.8 Å². The molecule has 3 N–H and O–H groups in total. The number of halogens is 2. The number of benzene rings is 2. The summed E-state index contributed by atoms with van der Waals surface area (Å²) in [6, 6.07) is 7.13. The second kappa shape index (κ2) is 8.50. The van der Waals surface area contributed by atoms with Gasteiger partial charge in [0.05, 0.1) is 28.8 Å². The highest BCUT2D eigenvalue weighted by atomic mass is 32.1. The molecule has 1 aliphatic heterocycles. The van der Waals surface area contributed by atoms with E-state index in [1.165, 1.54) is 19.2 Å². The largest absolute Gasteiger partial charge is 0.467 e. The molecule has 3 heterocycles. The lowest BCUT2D eigenvalue weighted by Crippen LogP contribution is -2.44. The number of hydrogen-bond donors (Lipinski definition) is 2. The van der Waals surface area contributed by atoms with Gasteiger partial charge in [-0.05, 0) is 43.0 Å². The van der Waals surface area contributed by atoms with Gasteiger partial charge < -0.3 is 20.7 Å². The van der Waals surface area contributed by atoms with E-state index in [-0.39, 0.29) is 32.4 Å². The second-order valence-electron chi connectivity index (χ2n) is 9.15. The van der Waals surface area contributed by atoms with Crippen LogP contribution in [0.4, 0.5) is 19.7 Å². The minimum atomic E-state index is -0.868. The first-order valence-electron chi connectivity index (χ1n) is 11.8. The maximum atomic E-state index is 16.7. The van der Waals surface area contributed by atoms with Crippen LogP contribution in [0.2, 0.25) is 0 Å². The minimum Gasteiger partial charge on any atom is -0.467 e. The van der Waals surface area contributed by atoms with Crippen molar-refractivity contribution in [1.29, 1.82) is 5.26 Å². The van der Waals surface area contributed by atoms with Crippen molar-refractivity contribution in [1.82, 2.24) is 20.3 Å². The average Bonchev–Trinajstić information content (AvgIpc) is 3.27. The van der Waals surface area contributed by atoms with Crippen LogP contribution in [0.3, 0.4) is 0 Å². The Morgan fingerprint density at radius 3 is 2.61 bits per heavy atom. The molecule has 11 heteroatoms. The Morgan fingerprint density at radius 2 is 1.94 bits per heavy atom. The first-order valence-corrected chi connectivity index (χ1v) is 12.6. The molecular formula is C25H23F2N7OS. The fraction of sp³-hybridized carbons (Fsp3) is 0.360. The Bertz CT molecular complexity index is 1550. The molecule has 2 aromatic carbocycles. The van der Waals surface area contributed by atoms with Crippen molar-refractivity contribution in [3.05, 3.63) is 35.4 Å². The summed E-state index contributed by atoms with van der Waals surface area (Å²) in [5.74, 6) is -0.519. The van der Waals surface area contributed by atoms with E-state index in [2.05, 4.69) is 31.2 Å². The predicted octanol–water partition coefficient (Wildman–Crippen LogP) is 4.13. The zero-order valence-corrected chi connectivity index (χ0v) is 20.4. The molecule has 0 radical (unpaired) electrons. The molecule has 0 bridgehead atoms. The van der Waals surface area contributed by atoms with Crippen LogP contribution in [-0.4, -0.2) is 48.2 Å². The van der Waals surface area contributed by atoms with Gasteiger partial charge in [-0.3, -0.25) is 0 Å². The van der Waals surface area contributed by atoms with Crippen molar-refractivity contribution in [2.45, 2.75) is 24.7 Å². The SMILES string of the molecule is COc1nc(N2CCNCC2)c2cc(C3(C#N)CCC3)c(-c3ccc(F)c4sc(N)nc34)c(F)c2n1. The third-order valence-corrected chi connectivity index (χ3v) is 8.10. The number of rotatable bonds is 4. The summed E-state index contributed by atoms with van der Waals surface area (Å²) in [4.78, 5) is 15.4. The highest BCUT2D eigenvalue weighted by Crippen LogP contribution is 2.50. The molecular weight excluding hydrogens is 484 g/mol. The van der Waals surface area contributed by atoms with Crippen molar-refractivity contribution in [3.8, 4) is 23.2 Å². The highest BCUT2D eigenvalue weighted by Gasteiger charge is 2.43. The molecule has 184 valence electrons. The van der Waals surface area contributed by atoms with Gasteiger partial charge in [0.25, 0.3) is 0 Å². The highest BCUT2D eigenvalue weighted by molar-refractivity contribution is 7.22. The first-order chi connectivity index (χ1) is 17.5. The van der Waals surface area contributed by atoms with Gasteiger partial charge in [-0.2, -0.15) is 15.2 Å². The maximum Gasteiger partial charge on any atom is 0.318 e. The van der Waals surface area contributed by atoms with Gasteiger partial charge in [-0.15, -0.1) is 0 Å². The summed E-state index contributed by atoms with van der Waals surface area (Å²) in [7, 11) is 1.44. The van der Waals surface area contributed by atoms with Crippen LogP contribution in [0.15, 0.2) is 18.2 Å². The normalized spacial score (nSPS) is 17.2. The molecule has 1 aliphatic carbocycles. The van der Waals surface area contributed by atoms with Crippen LogP contribution in [-0.2, 0) is 5.41 Å². The van der Waals surface area contributed by atoms with E-state index in [1.54, 1.807) is 0 Å². The monoisotopic (exact) mass is 507 g/mol. The Hall–Kier alpha value is -3.62. The Kier molecular flexibility index (Phi) is 5.39. The Balaban J connectivity index is 1.72. The van der Waals surface area contributed by atoms with Gasteiger partial charge in [0, 0.05) is 42.7 Å². The summed E-state index contributed by atoms with van der Waals surface area (Å²) < 4.78 is 36.9. The summed E-state index contributed by atoms with van der Waals surface area (Å²) in [6.45, 7) is 2.91. The topological polar surface area (TPSA) is 113 Å². The van der Waals surface area contributed by atoms with Crippen molar-refractivity contribution in [2.75, 3.05) is 43.9 Å². The summed E-state index contributed by atoms with van der Waals surface area (Å²) in [6.07, 6.45) is 2.06. The van der Waals surface area contributed by atoms with Gasteiger partial charge in [0.2, 0.25) is 0 Å². The van der Waals surface area contributed by atoms with Crippen LogP contribution in [0.25, 0.3) is 32.2 Å². The third-order valence-electron chi connectivity index (χ3n) is 7.21. The molecule has 2 fully saturated rings. The van der Waals surface area contributed by atoms with E-state index >= 15 is 4.39 Å². The lowest BCUT2D eigenvalue weighted by molar-refractivity contribution is 0.324. The molecule has 4 aromatic rings. The molecule has 36 heavy (non-hydrogen) atoms. The lowest BCUT2D eigenvalue weighted by atomic mass is 9.63. The fourth-order valence-corrected chi connectivity index (χ4v) is 5.97. The van der Waals surface area contributed by atoms with Crippen LogP contribution in [0.5, 0.6) is 6.01 Å². The average molecular weight is 508 g/mol. The van der Waals surface area contributed by atoms with Gasteiger partial charge in [0.1, 0.15) is 17.2 Å².